The van der Waals surface area contributed by atoms with Crippen molar-refractivity contribution in [3.63, 3.8) is 0 Å². The van der Waals surface area contributed by atoms with Crippen LogP contribution in [0, 0.1) is 6.92 Å². The van der Waals surface area contributed by atoms with Gasteiger partial charge in [0.2, 0.25) is 0 Å². The highest BCUT2D eigenvalue weighted by Crippen LogP contribution is 2.22. The van der Waals surface area contributed by atoms with Crippen molar-refractivity contribution < 1.29 is 9.15 Å². The lowest BCUT2D eigenvalue weighted by atomic mass is 10.1. The van der Waals surface area contributed by atoms with Crippen molar-refractivity contribution in [2.45, 2.75) is 13.5 Å². The molecule has 0 saturated heterocycles. The number of para-hydroxylation sites is 1. The summed E-state index contributed by atoms with van der Waals surface area (Å²) in [6.45, 7) is 1.95. The first-order valence-corrected chi connectivity index (χ1v) is 7.75. The lowest BCUT2D eigenvalue weighted by Crippen LogP contribution is -2.13. The van der Waals surface area contributed by atoms with Crippen molar-refractivity contribution in [2.24, 2.45) is 0 Å². The van der Waals surface area contributed by atoms with Crippen LogP contribution in [-0.4, -0.2) is 9.97 Å². The van der Waals surface area contributed by atoms with E-state index in [0.717, 1.165) is 10.9 Å². The molecule has 0 saturated carbocycles. The van der Waals surface area contributed by atoms with E-state index >= 15 is 0 Å². The van der Waals surface area contributed by atoms with Crippen molar-refractivity contribution in [1.82, 2.24) is 9.97 Å². The van der Waals surface area contributed by atoms with Crippen LogP contribution in [0.4, 0.5) is 0 Å². The summed E-state index contributed by atoms with van der Waals surface area (Å²) in [4.78, 5) is 30.7. The smallest absolute Gasteiger partial charge is 0.336 e. The zero-order valence-electron chi connectivity index (χ0n) is 13.4. The summed E-state index contributed by atoms with van der Waals surface area (Å²) in [5.74, 6) is 0.951. The number of aromatic amines is 1. The van der Waals surface area contributed by atoms with E-state index in [2.05, 4.69) is 9.97 Å². The Kier molecular flexibility index (Phi) is 3.57. The molecule has 25 heavy (non-hydrogen) atoms. The van der Waals surface area contributed by atoms with E-state index in [1.54, 1.807) is 30.3 Å². The van der Waals surface area contributed by atoms with Crippen LogP contribution in [0.1, 0.15) is 11.4 Å². The quantitative estimate of drug-likeness (QED) is 0.582. The summed E-state index contributed by atoms with van der Waals surface area (Å²) < 4.78 is 10.9. The normalized spacial score (nSPS) is 11.1. The van der Waals surface area contributed by atoms with E-state index in [1.807, 2.05) is 19.1 Å². The summed E-state index contributed by atoms with van der Waals surface area (Å²) in [7, 11) is 0. The predicted molar refractivity (Wildman–Crippen MR) is 93.9 cm³/mol. The number of aryl methyl sites for hydroxylation is 1. The Morgan fingerprint density at radius 3 is 2.80 bits per heavy atom. The first-order valence-electron chi connectivity index (χ1n) is 7.75. The summed E-state index contributed by atoms with van der Waals surface area (Å²) >= 11 is 0. The van der Waals surface area contributed by atoms with Gasteiger partial charge in [-0.25, -0.2) is 9.78 Å². The minimum Gasteiger partial charge on any atom is -0.486 e. The molecule has 6 nitrogen and oxygen atoms in total. The second kappa shape index (κ2) is 5.90. The largest absolute Gasteiger partial charge is 0.486 e. The van der Waals surface area contributed by atoms with Gasteiger partial charge < -0.3 is 14.1 Å². The first-order chi connectivity index (χ1) is 12.1. The maximum Gasteiger partial charge on any atom is 0.336 e. The Labute approximate surface area is 141 Å². The number of nitrogens with zero attached hydrogens (tertiary/aromatic N) is 1. The van der Waals surface area contributed by atoms with Crippen LogP contribution in [0.3, 0.4) is 0 Å². The molecule has 2 aromatic carbocycles. The van der Waals surface area contributed by atoms with Crippen molar-refractivity contribution in [3.05, 3.63) is 80.7 Å². The molecule has 0 bridgehead atoms. The molecule has 0 aliphatic heterocycles. The van der Waals surface area contributed by atoms with E-state index in [4.69, 9.17) is 9.15 Å². The Morgan fingerprint density at radius 1 is 1.08 bits per heavy atom. The number of H-pyrrole nitrogens is 1. The molecule has 6 heteroatoms. The average molecular weight is 334 g/mol. The fourth-order valence-electron chi connectivity index (χ4n) is 2.75. The van der Waals surface area contributed by atoms with Gasteiger partial charge in [0.15, 0.2) is 0 Å². The molecule has 0 aliphatic carbocycles. The molecule has 0 unspecified atom stereocenters. The third kappa shape index (κ3) is 2.89. The molecule has 2 aromatic heterocycles. The van der Waals surface area contributed by atoms with Crippen molar-refractivity contribution >= 4 is 21.9 Å². The second-order valence-corrected chi connectivity index (χ2v) is 5.72. The maximum absolute atomic E-state index is 12.1. The minimum absolute atomic E-state index is 0.0988. The van der Waals surface area contributed by atoms with E-state index in [-0.39, 0.29) is 12.2 Å². The molecule has 124 valence electrons. The van der Waals surface area contributed by atoms with Crippen LogP contribution >= 0.6 is 0 Å². The molecule has 0 aliphatic rings. The third-order valence-electron chi connectivity index (χ3n) is 3.96. The number of rotatable bonds is 3. The molecule has 0 spiro atoms. The Balaban J connectivity index is 1.64. The lowest BCUT2D eigenvalue weighted by molar-refractivity contribution is 0.296. The van der Waals surface area contributed by atoms with E-state index in [9.17, 15) is 9.59 Å². The molecule has 0 fully saturated rings. The van der Waals surface area contributed by atoms with Gasteiger partial charge in [0.1, 0.15) is 23.8 Å². The lowest BCUT2D eigenvalue weighted by Gasteiger charge is -2.08. The number of fused-ring (bicyclic) bond motifs is 2. The van der Waals surface area contributed by atoms with Gasteiger partial charge in [-0.3, -0.25) is 4.79 Å². The number of hydrogen-bond acceptors (Lipinski definition) is 5. The number of hydrogen-bond donors (Lipinski definition) is 1. The van der Waals surface area contributed by atoms with Crippen LogP contribution in [-0.2, 0) is 6.61 Å². The Bertz CT molecular complexity index is 1210. The van der Waals surface area contributed by atoms with Gasteiger partial charge in [0.05, 0.1) is 10.9 Å². The molecule has 0 radical (unpaired) electrons. The zero-order valence-corrected chi connectivity index (χ0v) is 13.4. The highest BCUT2D eigenvalue weighted by molar-refractivity contribution is 5.81. The molecule has 1 N–H and O–H groups in total. The maximum atomic E-state index is 12.1. The van der Waals surface area contributed by atoms with Gasteiger partial charge in [0, 0.05) is 17.5 Å². The van der Waals surface area contributed by atoms with Crippen LogP contribution in [0.2, 0.25) is 0 Å². The number of ether oxygens (including phenoxy) is 1. The van der Waals surface area contributed by atoms with Gasteiger partial charge in [-0.2, -0.15) is 0 Å². The topological polar surface area (TPSA) is 85.2 Å². The van der Waals surface area contributed by atoms with Crippen LogP contribution in [0.25, 0.3) is 21.9 Å². The summed E-state index contributed by atoms with van der Waals surface area (Å²) in [6, 6.07) is 13.8. The first kappa shape index (κ1) is 15.1. The number of nitrogens with one attached hydrogen (secondary N) is 1. The van der Waals surface area contributed by atoms with Gasteiger partial charge in [0.25, 0.3) is 5.56 Å². The highest BCUT2D eigenvalue weighted by Gasteiger charge is 2.07. The highest BCUT2D eigenvalue weighted by atomic mass is 16.5. The number of benzene rings is 2. The molecule has 4 rings (SSSR count). The van der Waals surface area contributed by atoms with E-state index < -0.39 is 5.63 Å². The van der Waals surface area contributed by atoms with Crippen molar-refractivity contribution in [1.29, 1.82) is 0 Å². The molecule has 0 amide bonds. The molecule has 4 aromatic rings. The predicted octanol–water partition coefficient (Wildman–Crippen LogP) is 2.92. The summed E-state index contributed by atoms with van der Waals surface area (Å²) in [5, 5.41) is 1.39. The van der Waals surface area contributed by atoms with Crippen molar-refractivity contribution in [2.75, 3.05) is 0 Å². The van der Waals surface area contributed by atoms with Gasteiger partial charge in [-0.15, -0.1) is 0 Å². The molecule has 0 atom stereocenters. The van der Waals surface area contributed by atoms with Crippen LogP contribution < -0.4 is 15.9 Å². The Morgan fingerprint density at radius 2 is 1.92 bits per heavy atom. The van der Waals surface area contributed by atoms with Crippen LogP contribution in [0.15, 0.2) is 62.5 Å². The average Bonchev–Trinajstić information content (AvgIpc) is 2.59. The number of aromatic nitrogens is 2. The molecular weight excluding hydrogens is 320 g/mol. The van der Waals surface area contributed by atoms with Crippen molar-refractivity contribution in [3.8, 4) is 5.75 Å². The fourth-order valence-corrected chi connectivity index (χ4v) is 2.75. The molecule has 2 heterocycles. The standard InChI is InChI=1S/C19H14N2O4/c1-11-8-18(22)25-16-9-12(6-7-13(11)16)24-10-17-20-15-5-3-2-4-14(15)19(23)21-17/h2-9H,10H2,1H3,(H,20,21,23). The van der Waals surface area contributed by atoms with Gasteiger partial charge >= 0.3 is 5.63 Å². The Hall–Kier alpha value is -3.41. The molecular formula is C19H14N2O4. The van der Waals surface area contributed by atoms with Gasteiger partial charge in [-0.1, -0.05) is 12.1 Å². The minimum atomic E-state index is -0.400. The summed E-state index contributed by atoms with van der Waals surface area (Å²) in [5.41, 5.74) is 1.32. The van der Waals surface area contributed by atoms with Gasteiger partial charge in [-0.05, 0) is 36.8 Å². The zero-order chi connectivity index (χ0) is 17.4. The second-order valence-electron chi connectivity index (χ2n) is 5.72. The summed E-state index contributed by atoms with van der Waals surface area (Å²) in [6.07, 6.45) is 0. The fraction of sp³-hybridized carbons (Fsp3) is 0.105. The SMILES string of the molecule is Cc1cc(=O)oc2cc(OCc3nc4ccccc4c(=O)[nH]3)ccc12. The third-order valence-corrected chi connectivity index (χ3v) is 3.96. The van der Waals surface area contributed by atoms with E-state index in [1.165, 1.54) is 6.07 Å². The monoisotopic (exact) mass is 334 g/mol. The van der Waals surface area contributed by atoms with E-state index in [0.29, 0.717) is 28.1 Å². The van der Waals surface area contributed by atoms with Crippen LogP contribution in [0.5, 0.6) is 5.75 Å².